The van der Waals surface area contributed by atoms with Gasteiger partial charge in [0.15, 0.2) is 5.82 Å². The van der Waals surface area contributed by atoms with Crippen LogP contribution in [0.1, 0.15) is 64.9 Å². The molecule has 3 aliphatic heterocycles. The third-order valence-corrected chi connectivity index (χ3v) is 11.3. The van der Waals surface area contributed by atoms with Crippen molar-refractivity contribution in [2.45, 2.75) is 95.6 Å². The number of Topliss-reactive ketones (excluding diaryl/α,β-unsaturated/α-hetero) is 1. The molecule has 56 heavy (non-hydrogen) atoms. The second-order valence-electron chi connectivity index (χ2n) is 14.9. The van der Waals surface area contributed by atoms with Crippen molar-refractivity contribution in [2.75, 3.05) is 44.4 Å². The lowest BCUT2D eigenvalue weighted by Gasteiger charge is -2.39. The minimum atomic E-state index is -4.94. The first-order valence-corrected chi connectivity index (χ1v) is 19.2. The Morgan fingerprint density at radius 2 is 1.88 bits per heavy atom. The summed E-state index contributed by atoms with van der Waals surface area (Å²) in [5.41, 5.74) is 0.126. The Bertz CT molecular complexity index is 2120. The zero-order valence-electron chi connectivity index (χ0n) is 31.6. The van der Waals surface area contributed by atoms with Crippen LogP contribution < -0.4 is 19.7 Å². The average molecular weight is 785 g/mol. The van der Waals surface area contributed by atoms with Crippen molar-refractivity contribution in [3.63, 3.8) is 0 Å². The third-order valence-electron chi connectivity index (χ3n) is 11.3. The Morgan fingerprint density at radius 3 is 2.62 bits per heavy atom. The summed E-state index contributed by atoms with van der Waals surface area (Å²) in [4.78, 5) is 41.1. The summed E-state index contributed by atoms with van der Waals surface area (Å²) in [6, 6.07) is 7.37. The van der Waals surface area contributed by atoms with Gasteiger partial charge in [0.25, 0.3) is 6.47 Å². The van der Waals surface area contributed by atoms with Gasteiger partial charge in [-0.2, -0.15) is 23.1 Å². The fourth-order valence-electron chi connectivity index (χ4n) is 8.90. The van der Waals surface area contributed by atoms with E-state index in [0.717, 1.165) is 32.2 Å². The first-order chi connectivity index (χ1) is 26.9. The first-order valence-electron chi connectivity index (χ1n) is 19.2. The molecule has 2 aromatic carbocycles. The Balaban J connectivity index is 1.35. The highest BCUT2D eigenvalue weighted by Crippen LogP contribution is 2.44. The van der Waals surface area contributed by atoms with Crippen molar-refractivity contribution in [1.29, 1.82) is 0 Å². The first kappa shape index (κ1) is 39.5. The van der Waals surface area contributed by atoms with Gasteiger partial charge in [0.1, 0.15) is 41.4 Å². The maximum absolute atomic E-state index is 17.4. The highest BCUT2D eigenvalue weighted by molar-refractivity contribution is 6.02. The number of hydrogen-bond donors (Lipinski definition) is 1. The molecule has 1 N–H and O–H groups in total. The SMILES string of the molecule is CCOc1nc(-c2cccc3ccc(F)c(CC)c23)c(F)c2nc(OCC34CCCN3[C@@H](COC=O)CC4)nc(N3CC(C)NC(CCC(=O)C(F)(F)F)C3)c12. The number of ether oxygens (including phenoxy) is 3. The van der Waals surface area contributed by atoms with Crippen molar-refractivity contribution in [1.82, 2.24) is 25.2 Å². The van der Waals surface area contributed by atoms with Crippen molar-refractivity contribution < 1.29 is 45.8 Å². The van der Waals surface area contributed by atoms with E-state index in [-0.39, 0.29) is 84.7 Å². The summed E-state index contributed by atoms with van der Waals surface area (Å²) < 4.78 is 89.6. The van der Waals surface area contributed by atoms with Crippen LogP contribution in [0.5, 0.6) is 11.9 Å². The van der Waals surface area contributed by atoms with Crippen LogP contribution >= 0.6 is 0 Å². The molecule has 0 spiro atoms. The standard InChI is InChI=1S/C40H45F5N6O5/c1-4-27-29(41)12-10-24-8-6-9-28(31(24)27)34-33(42)35-32(37(47-34)55-5-2)36(50-18-23(3)46-25(19-50)11-13-30(53)40(43,44)45)49-38(48-35)56-21-39-15-7-17-51(39)26(14-16-39)20-54-22-52/h6,8-10,12,22-23,25-26,46H,4-5,7,11,13-21H2,1-3H3/t23?,25?,26-,39?/m1/s1. The molecule has 0 saturated carbocycles. The normalized spacial score (nSPS) is 22.8. The summed E-state index contributed by atoms with van der Waals surface area (Å²) in [7, 11) is 0. The summed E-state index contributed by atoms with van der Waals surface area (Å²) >= 11 is 0. The Kier molecular flexibility index (Phi) is 11.3. The van der Waals surface area contributed by atoms with Crippen LogP contribution in [0.4, 0.5) is 27.8 Å². The molecular formula is C40H45F5N6O5. The molecule has 5 heterocycles. The largest absolute Gasteiger partial charge is 0.477 e. The number of aromatic nitrogens is 3. The maximum Gasteiger partial charge on any atom is 0.449 e. The number of nitrogens with zero attached hydrogens (tertiary/aromatic N) is 5. The van der Waals surface area contributed by atoms with Gasteiger partial charge in [0.05, 0.1) is 12.1 Å². The summed E-state index contributed by atoms with van der Waals surface area (Å²) in [5.74, 6) is -2.80. The van der Waals surface area contributed by atoms with Gasteiger partial charge >= 0.3 is 12.2 Å². The quantitative estimate of drug-likeness (QED) is 0.109. The van der Waals surface area contributed by atoms with Gasteiger partial charge in [0, 0.05) is 43.2 Å². The number of rotatable bonds is 14. The molecule has 11 nitrogen and oxygen atoms in total. The van der Waals surface area contributed by atoms with E-state index in [4.69, 9.17) is 24.2 Å². The molecule has 0 amide bonds. The number of alkyl halides is 3. The number of hydrogen-bond acceptors (Lipinski definition) is 11. The van der Waals surface area contributed by atoms with Gasteiger partial charge in [-0.15, -0.1) is 0 Å². The van der Waals surface area contributed by atoms with E-state index in [9.17, 15) is 22.8 Å². The molecule has 0 aliphatic carbocycles. The van der Waals surface area contributed by atoms with Gasteiger partial charge in [-0.1, -0.05) is 31.2 Å². The lowest BCUT2D eigenvalue weighted by Crippen LogP contribution is -2.56. The van der Waals surface area contributed by atoms with Gasteiger partial charge in [-0.05, 0) is 81.3 Å². The molecule has 0 radical (unpaired) electrons. The van der Waals surface area contributed by atoms with Crippen molar-refractivity contribution in [2.24, 2.45) is 0 Å². The zero-order valence-corrected chi connectivity index (χ0v) is 31.6. The Morgan fingerprint density at radius 1 is 1.05 bits per heavy atom. The molecule has 3 aliphatic rings. The van der Waals surface area contributed by atoms with Crippen LogP contribution in [0.2, 0.25) is 0 Å². The minimum absolute atomic E-state index is 0.0243. The maximum atomic E-state index is 17.4. The topological polar surface area (TPSA) is 119 Å². The van der Waals surface area contributed by atoms with E-state index in [2.05, 4.69) is 15.2 Å². The summed E-state index contributed by atoms with van der Waals surface area (Å²) in [6.45, 7) is 7.70. The van der Waals surface area contributed by atoms with Crippen molar-refractivity contribution >= 4 is 39.7 Å². The number of pyridine rings is 1. The smallest absolute Gasteiger partial charge is 0.449 e. The Labute approximate surface area is 320 Å². The number of nitrogens with one attached hydrogen (secondary N) is 1. The fraction of sp³-hybridized carbons (Fsp3) is 0.525. The highest BCUT2D eigenvalue weighted by atomic mass is 19.4. The van der Waals surface area contributed by atoms with Gasteiger partial charge < -0.3 is 24.4 Å². The van der Waals surface area contributed by atoms with E-state index in [1.54, 1.807) is 25.1 Å². The van der Waals surface area contributed by atoms with E-state index in [1.165, 1.54) is 6.07 Å². The second-order valence-corrected chi connectivity index (χ2v) is 14.9. The van der Waals surface area contributed by atoms with Crippen LogP contribution in [-0.2, 0) is 20.7 Å². The molecule has 4 aromatic rings. The second kappa shape index (κ2) is 16.0. The van der Waals surface area contributed by atoms with Crippen LogP contribution in [0, 0.1) is 11.6 Å². The van der Waals surface area contributed by atoms with E-state index in [1.807, 2.05) is 24.8 Å². The molecule has 2 aromatic heterocycles. The average Bonchev–Trinajstić information content (AvgIpc) is 3.75. The third kappa shape index (κ3) is 7.57. The lowest BCUT2D eigenvalue weighted by molar-refractivity contribution is -0.171. The zero-order chi connectivity index (χ0) is 39.8. The molecule has 7 rings (SSSR count). The van der Waals surface area contributed by atoms with Crippen LogP contribution in [0.25, 0.3) is 32.9 Å². The number of benzene rings is 2. The van der Waals surface area contributed by atoms with Gasteiger partial charge in [-0.25, -0.2) is 13.8 Å². The number of carbonyl (C=O) groups excluding carboxylic acids is 2. The van der Waals surface area contributed by atoms with Gasteiger partial charge in [-0.3, -0.25) is 14.5 Å². The molecule has 3 fully saturated rings. The lowest BCUT2D eigenvalue weighted by atomic mass is 9.95. The minimum Gasteiger partial charge on any atom is -0.477 e. The summed E-state index contributed by atoms with van der Waals surface area (Å²) in [6.07, 6.45) is -2.08. The number of carbonyl (C=O) groups is 2. The fourth-order valence-corrected chi connectivity index (χ4v) is 8.90. The number of fused-ring (bicyclic) bond motifs is 3. The number of ketones is 1. The molecule has 0 bridgehead atoms. The van der Waals surface area contributed by atoms with Crippen molar-refractivity contribution in [3.8, 4) is 23.1 Å². The monoisotopic (exact) mass is 784 g/mol. The molecule has 3 saturated heterocycles. The molecular weight excluding hydrogens is 739 g/mol. The van der Waals surface area contributed by atoms with Gasteiger partial charge in [0.2, 0.25) is 11.7 Å². The molecule has 16 heteroatoms. The van der Waals surface area contributed by atoms with Crippen molar-refractivity contribution in [3.05, 3.63) is 47.5 Å². The number of piperazine rings is 1. The molecule has 300 valence electrons. The number of aryl methyl sites for hydroxylation is 1. The summed E-state index contributed by atoms with van der Waals surface area (Å²) in [5, 5.41) is 4.64. The van der Waals surface area contributed by atoms with Crippen LogP contribution in [0.3, 0.4) is 0 Å². The number of anilines is 1. The number of halogens is 5. The predicted molar refractivity (Wildman–Crippen MR) is 199 cm³/mol. The van der Waals surface area contributed by atoms with E-state index in [0.29, 0.717) is 41.3 Å². The van der Waals surface area contributed by atoms with E-state index >= 15 is 8.78 Å². The van der Waals surface area contributed by atoms with E-state index < -0.39 is 36.1 Å². The molecule has 4 atom stereocenters. The Hall–Kier alpha value is -4.70. The molecule has 3 unspecified atom stereocenters. The highest BCUT2D eigenvalue weighted by Gasteiger charge is 2.50. The predicted octanol–water partition coefficient (Wildman–Crippen LogP) is 6.71. The van der Waals surface area contributed by atoms with Crippen LogP contribution in [0.15, 0.2) is 30.3 Å². The van der Waals surface area contributed by atoms with Crippen LogP contribution in [-0.4, -0.2) is 101 Å².